The van der Waals surface area contributed by atoms with Gasteiger partial charge in [-0.05, 0) is 31.7 Å². The Morgan fingerprint density at radius 2 is 1.87 bits per heavy atom. The second kappa shape index (κ2) is 11.5. The van der Waals surface area contributed by atoms with Gasteiger partial charge in [0, 0.05) is 18.0 Å². The molecule has 0 heterocycles. The van der Waals surface area contributed by atoms with Gasteiger partial charge in [0.2, 0.25) is 0 Å². The van der Waals surface area contributed by atoms with Crippen molar-refractivity contribution in [2.24, 2.45) is 11.7 Å². The first-order chi connectivity index (χ1) is 11.0. The van der Waals surface area contributed by atoms with Crippen LogP contribution in [0.1, 0.15) is 56.0 Å². The molecule has 1 fully saturated rings. The number of hydrogen-bond acceptors (Lipinski definition) is 4. The van der Waals surface area contributed by atoms with Gasteiger partial charge in [-0.25, -0.2) is 0 Å². The first-order valence-electron chi connectivity index (χ1n) is 7.99. The minimum Gasteiger partial charge on any atom is -0.483 e. The summed E-state index contributed by atoms with van der Waals surface area (Å²) in [6, 6.07) is 7.59. The van der Waals surface area contributed by atoms with Crippen LogP contribution in [-0.4, -0.2) is 29.2 Å². The normalized spacial score (nSPS) is 17.2. The fraction of sp³-hybridized carbons (Fsp3) is 0.500. The van der Waals surface area contributed by atoms with Crippen LogP contribution in [0.15, 0.2) is 24.3 Å². The maximum absolute atomic E-state index is 12.1. The van der Waals surface area contributed by atoms with Crippen molar-refractivity contribution < 1.29 is 19.5 Å². The number of carbonyl (C=O) groups is 3. The Morgan fingerprint density at radius 3 is 2.26 bits per heavy atom. The Morgan fingerprint density at radius 1 is 1.35 bits per heavy atom. The highest BCUT2D eigenvalue weighted by atomic mass is 16.3. The minimum atomic E-state index is -0.399. The van der Waals surface area contributed by atoms with Crippen LogP contribution >= 0.6 is 0 Å². The summed E-state index contributed by atoms with van der Waals surface area (Å²) >= 11 is 0. The summed E-state index contributed by atoms with van der Waals surface area (Å²) in [5, 5.41) is 6.89. The molecule has 2 rings (SSSR count). The summed E-state index contributed by atoms with van der Waals surface area (Å²) in [5.41, 5.74) is 7.50. The molecule has 1 saturated carbocycles. The molecule has 128 valence electrons. The molecule has 1 aromatic carbocycles. The van der Waals surface area contributed by atoms with Gasteiger partial charge in [-0.15, -0.1) is 0 Å². The van der Waals surface area contributed by atoms with Gasteiger partial charge in [-0.1, -0.05) is 38.1 Å². The Bertz CT molecular complexity index is 494. The molecule has 0 bridgehead atoms. The van der Waals surface area contributed by atoms with Crippen molar-refractivity contribution in [3.8, 4) is 0 Å². The largest absolute Gasteiger partial charge is 0.483 e. The number of carbonyl (C=O) groups excluding carboxylic acids is 2. The molecule has 0 aromatic heterocycles. The van der Waals surface area contributed by atoms with Gasteiger partial charge in [0.05, 0.1) is 5.92 Å². The molecule has 2 unspecified atom stereocenters. The quantitative estimate of drug-likeness (QED) is 0.505. The topological polar surface area (TPSA) is 97.5 Å². The highest BCUT2D eigenvalue weighted by Gasteiger charge is 2.31. The van der Waals surface area contributed by atoms with Gasteiger partial charge < -0.3 is 10.8 Å². The van der Waals surface area contributed by atoms with Crippen molar-refractivity contribution in [1.29, 1.82) is 0 Å². The number of nitrogens with two attached hydrogens (primary N) is 1. The van der Waals surface area contributed by atoms with E-state index in [1.165, 1.54) is 0 Å². The van der Waals surface area contributed by atoms with Crippen LogP contribution in [0.2, 0.25) is 0 Å². The summed E-state index contributed by atoms with van der Waals surface area (Å²) in [7, 11) is 0. The zero-order valence-corrected chi connectivity index (χ0v) is 14.1. The monoisotopic (exact) mass is 321 g/mol. The summed E-state index contributed by atoms with van der Waals surface area (Å²) in [6.07, 6.45) is 2.91. The van der Waals surface area contributed by atoms with Crippen LogP contribution in [0.4, 0.5) is 0 Å². The number of benzene rings is 1. The minimum absolute atomic E-state index is 0.0233. The average Bonchev–Trinajstić information content (AvgIpc) is 2.96. The number of rotatable bonds is 4. The summed E-state index contributed by atoms with van der Waals surface area (Å²) < 4.78 is 0. The number of ketones is 2. The fourth-order valence-corrected chi connectivity index (χ4v) is 2.47. The standard InChI is InChI=1S/C15H19NO2.C2H6.CH2O2/c1-10(16)9-11-5-7-12(8-6-11)15(18)13-3-2-4-14(13)17;1-2;2-1-3/h5-8,10,13H,2-4,9,16H2,1H3;1-2H3;1H,(H,2,3). The summed E-state index contributed by atoms with van der Waals surface area (Å²) in [5.74, 6) is -0.325. The zero-order chi connectivity index (χ0) is 17.8. The van der Waals surface area contributed by atoms with Gasteiger partial charge in [0.25, 0.3) is 6.47 Å². The molecular formula is C18H27NO4. The fourth-order valence-electron chi connectivity index (χ4n) is 2.47. The van der Waals surface area contributed by atoms with E-state index in [1.54, 1.807) is 0 Å². The third-order valence-corrected chi connectivity index (χ3v) is 3.42. The lowest BCUT2D eigenvalue weighted by Crippen LogP contribution is -2.19. The predicted octanol–water partition coefficient (Wildman–Crippen LogP) is 2.86. The second-order valence-corrected chi connectivity index (χ2v) is 5.26. The van der Waals surface area contributed by atoms with Crippen LogP contribution in [0.3, 0.4) is 0 Å². The van der Waals surface area contributed by atoms with Crippen LogP contribution in [-0.2, 0) is 16.0 Å². The van der Waals surface area contributed by atoms with E-state index >= 15 is 0 Å². The lowest BCUT2D eigenvalue weighted by molar-refractivity contribution is -0.123. The number of Topliss-reactive ketones (excluding diaryl/α,β-unsaturated/α-hetero) is 2. The maximum atomic E-state index is 12.1. The lowest BCUT2D eigenvalue weighted by Gasteiger charge is -2.09. The SMILES string of the molecule is CC.CC(N)Cc1ccc(C(=O)C2CCCC2=O)cc1.O=CO. The van der Waals surface area contributed by atoms with Gasteiger partial charge >= 0.3 is 0 Å². The lowest BCUT2D eigenvalue weighted by atomic mass is 9.94. The third-order valence-electron chi connectivity index (χ3n) is 3.42. The molecule has 1 aromatic rings. The van der Waals surface area contributed by atoms with E-state index in [1.807, 2.05) is 45.0 Å². The molecular weight excluding hydrogens is 294 g/mol. The van der Waals surface area contributed by atoms with Crippen molar-refractivity contribution in [3.05, 3.63) is 35.4 Å². The second-order valence-electron chi connectivity index (χ2n) is 5.26. The van der Waals surface area contributed by atoms with Crippen molar-refractivity contribution in [1.82, 2.24) is 0 Å². The van der Waals surface area contributed by atoms with E-state index in [0.717, 1.165) is 18.4 Å². The molecule has 1 aliphatic rings. The highest BCUT2D eigenvalue weighted by molar-refractivity contribution is 6.11. The highest BCUT2D eigenvalue weighted by Crippen LogP contribution is 2.25. The Kier molecular flexibility index (Phi) is 10.5. The molecule has 3 N–H and O–H groups in total. The first kappa shape index (κ1) is 21.0. The molecule has 0 amide bonds. The van der Waals surface area contributed by atoms with E-state index < -0.39 is 5.92 Å². The number of hydrogen-bond donors (Lipinski definition) is 2. The van der Waals surface area contributed by atoms with Gasteiger partial charge in [0.15, 0.2) is 5.78 Å². The van der Waals surface area contributed by atoms with Crippen molar-refractivity contribution in [2.75, 3.05) is 0 Å². The van der Waals surface area contributed by atoms with Crippen LogP contribution in [0, 0.1) is 5.92 Å². The summed E-state index contributed by atoms with van der Waals surface area (Å²) in [6.45, 7) is 5.70. The van der Waals surface area contributed by atoms with E-state index in [-0.39, 0.29) is 24.1 Å². The van der Waals surface area contributed by atoms with Crippen LogP contribution < -0.4 is 5.73 Å². The maximum Gasteiger partial charge on any atom is 0.290 e. The van der Waals surface area contributed by atoms with E-state index in [0.29, 0.717) is 18.4 Å². The van der Waals surface area contributed by atoms with Gasteiger partial charge in [0.1, 0.15) is 5.78 Å². The molecule has 5 nitrogen and oxygen atoms in total. The zero-order valence-electron chi connectivity index (χ0n) is 14.1. The van der Waals surface area contributed by atoms with E-state index in [9.17, 15) is 9.59 Å². The Labute approximate surface area is 137 Å². The van der Waals surface area contributed by atoms with Gasteiger partial charge in [-0.3, -0.25) is 14.4 Å². The van der Waals surface area contributed by atoms with Gasteiger partial charge in [-0.2, -0.15) is 0 Å². The molecule has 0 saturated heterocycles. The predicted molar refractivity (Wildman–Crippen MR) is 90.5 cm³/mol. The molecule has 0 aliphatic heterocycles. The molecule has 23 heavy (non-hydrogen) atoms. The Hall–Kier alpha value is -2.01. The molecule has 1 aliphatic carbocycles. The van der Waals surface area contributed by atoms with Crippen molar-refractivity contribution in [3.63, 3.8) is 0 Å². The average molecular weight is 321 g/mol. The number of carboxylic acid groups (broad SMARTS) is 1. The van der Waals surface area contributed by atoms with Crippen molar-refractivity contribution >= 4 is 18.0 Å². The van der Waals surface area contributed by atoms with E-state index in [4.69, 9.17) is 15.6 Å². The first-order valence-corrected chi connectivity index (χ1v) is 7.99. The molecule has 5 heteroatoms. The van der Waals surface area contributed by atoms with E-state index in [2.05, 4.69) is 0 Å². The van der Waals surface area contributed by atoms with Crippen LogP contribution in [0.5, 0.6) is 0 Å². The molecule has 0 radical (unpaired) electrons. The van der Waals surface area contributed by atoms with Crippen molar-refractivity contribution in [2.45, 2.75) is 52.5 Å². The Balaban J connectivity index is 0.000000868. The summed E-state index contributed by atoms with van der Waals surface area (Å²) in [4.78, 5) is 32.1. The molecule has 0 spiro atoms. The smallest absolute Gasteiger partial charge is 0.290 e. The third kappa shape index (κ3) is 7.19. The molecule has 2 atom stereocenters. The van der Waals surface area contributed by atoms with Crippen LogP contribution in [0.25, 0.3) is 0 Å².